The zero-order chi connectivity index (χ0) is 36.8. The first-order chi connectivity index (χ1) is 22.1. The van der Waals surface area contributed by atoms with Gasteiger partial charge in [0.2, 0.25) is 11.8 Å². The summed E-state index contributed by atoms with van der Waals surface area (Å²) in [5, 5.41) is 12.8. The number of carbonyl (C=O) groups excluding carboxylic acids is 3. The molecule has 264 valence electrons. The molecule has 0 spiro atoms. The van der Waals surface area contributed by atoms with Crippen LogP contribution in [0.3, 0.4) is 0 Å². The molecule has 0 aromatic heterocycles. The minimum atomic E-state index is -4.18. The van der Waals surface area contributed by atoms with Crippen LogP contribution in [0.5, 0.6) is 0 Å². The van der Waals surface area contributed by atoms with Crippen molar-refractivity contribution >= 4 is 33.8 Å². The first-order valence-corrected chi connectivity index (χ1v) is 17.2. The third-order valence-electron chi connectivity index (χ3n) is 8.49. The van der Waals surface area contributed by atoms with Crippen molar-refractivity contribution in [3.8, 4) is 0 Å². The summed E-state index contributed by atoms with van der Waals surface area (Å²) >= 11 is 0. The predicted octanol–water partition coefficient (Wildman–Crippen LogP) is 3.87. The number of hydrogen-bond donors (Lipinski definition) is 4. The van der Waals surface area contributed by atoms with E-state index in [4.69, 9.17) is 5.73 Å². The zero-order valence-corrected chi connectivity index (χ0v) is 30.4. The van der Waals surface area contributed by atoms with Gasteiger partial charge in [0.25, 0.3) is 15.9 Å². The fraction of sp³-hybridized carbons (Fsp3) is 0.486. The summed E-state index contributed by atoms with van der Waals surface area (Å²) in [5.74, 6) is -2.19. The molecule has 13 heteroatoms. The Morgan fingerprint density at radius 2 is 1.46 bits per heavy atom. The van der Waals surface area contributed by atoms with Gasteiger partial charge in [-0.2, -0.15) is 0 Å². The first-order valence-electron chi connectivity index (χ1n) is 15.7. The van der Waals surface area contributed by atoms with E-state index in [1.807, 2.05) is 32.0 Å². The van der Waals surface area contributed by atoms with E-state index >= 15 is 0 Å². The number of carboxylic acid groups (broad SMARTS) is 1. The van der Waals surface area contributed by atoms with E-state index in [1.165, 1.54) is 37.1 Å². The van der Waals surface area contributed by atoms with Gasteiger partial charge in [0, 0.05) is 31.6 Å². The molecule has 0 aliphatic rings. The van der Waals surface area contributed by atoms with Gasteiger partial charge in [-0.15, -0.1) is 0 Å². The third-order valence-corrected chi connectivity index (χ3v) is 9.84. The zero-order valence-electron chi connectivity index (χ0n) is 29.6. The Morgan fingerprint density at radius 1 is 0.917 bits per heavy atom. The van der Waals surface area contributed by atoms with Crippen LogP contribution in [0.1, 0.15) is 66.5 Å². The molecule has 0 fully saturated rings. The van der Waals surface area contributed by atoms with Gasteiger partial charge in [-0.05, 0) is 41.5 Å². The van der Waals surface area contributed by atoms with Crippen LogP contribution in [0.15, 0.2) is 71.1 Å². The minimum absolute atomic E-state index is 0.0691. The van der Waals surface area contributed by atoms with Gasteiger partial charge in [-0.25, -0.2) is 17.9 Å². The van der Waals surface area contributed by atoms with E-state index in [-0.39, 0.29) is 22.9 Å². The van der Waals surface area contributed by atoms with Crippen molar-refractivity contribution in [1.29, 1.82) is 0 Å². The summed E-state index contributed by atoms with van der Waals surface area (Å²) in [7, 11) is -1.31. The van der Waals surface area contributed by atoms with Crippen molar-refractivity contribution in [2.45, 2.75) is 90.4 Å². The Labute approximate surface area is 284 Å². The fourth-order valence-corrected chi connectivity index (χ4v) is 6.51. The van der Waals surface area contributed by atoms with Crippen LogP contribution in [0, 0.1) is 11.3 Å². The molecular weight excluding hydrogens is 634 g/mol. The average Bonchev–Trinajstić information content (AvgIpc) is 3.01. The van der Waals surface area contributed by atoms with E-state index in [2.05, 4.69) is 10.0 Å². The Bertz CT molecular complexity index is 1600. The second kappa shape index (κ2) is 15.8. The second-order valence-electron chi connectivity index (χ2n) is 14.0. The van der Waals surface area contributed by atoms with E-state index in [1.54, 1.807) is 65.9 Å². The summed E-state index contributed by atoms with van der Waals surface area (Å²) in [6, 6.07) is 12.0. The van der Waals surface area contributed by atoms with Crippen molar-refractivity contribution in [3.05, 3.63) is 77.4 Å². The highest BCUT2D eigenvalue weighted by Gasteiger charge is 2.45. The molecule has 0 saturated carbocycles. The molecule has 2 aromatic rings. The molecule has 12 nitrogen and oxygen atoms in total. The summed E-state index contributed by atoms with van der Waals surface area (Å²) in [6.07, 6.45) is 0.217. The van der Waals surface area contributed by atoms with Crippen LogP contribution in [0.25, 0.3) is 0 Å². The molecule has 3 atom stereocenters. The third kappa shape index (κ3) is 9.66. The van der Waals surface area contributed by atoms with Gasteiger partial charge in [-0.3, -0.25) is 19.3 Å². The van der Waals surface area contributed by atoms with Gasteiger partial charge in [0.1, 0.15) is 12.1 Å². The molecule has 5 N–H and O–H groups in total. The minimum Gasteiger partial charge on any atom is -0.465 e. The largest absolute Gasteiger partial charge is 0.465 e. The van der Waals surface area contributed by atoms with Crippen molar-refractivity contribution in [3.63, 3.8) is 0 Å². The van der Waals surface area contributed by atoms with Gasteiger partial charge >= 0.3 is 6.09 Å². The number of benzene rings is 2. The van der Waals surface area contributed by atoms with Crippen LogP contribution in [-0.2, 0) is 36.4 Å². The van der Waals surface area contributed by atoms with Gasteiger partial charge in [0.05, 0.1) is 10.9 Å². The van der Waals surface area contributed by atoms with Crippen LogP contribution in [-0.4, -0.2) is 79.4 Å². The molecule has 2 aromatic carbocycles. The lowest BCUT2D eigenvalue weighted by molar-refractivity contribution is -0.141. The SMILES string of the molecule is CC(=C[C@H](C(C)C)N(C)C(=O)[C@@H](NC(=O)[C@@H](N(C)C(=O)O)C(C)(C)c1ccccc1)C(C)(C)C)C(=O)NS(=O)(=O)c1ccc(CN)cc1. The first kappa shape index (κ1) is 39.9. The number of hydrogen-bond acceptors (Lipinski definition) is 7. The lowest BCUT2D eigenvalue weighted by Crippen LogP contribution is -2.62. The maximum absolute atomic E-state index is 14.2. The molecule has 4 amide bonds. The number of rotatable bonds is 13. The van der Waals surface area contributed by atoms with E-state index in [0.717, 1.165) is 16.0 Å². The summed E-state index contributed by atoms with van der Waals surface area (Å²) < 4.78 is 27.8. The van der Waals surface area contributed by atoms with Crippen molar-refractivity contribution < 1.29 is 32.7 Å². The lowest BCUT2D eigenvalue weighted by atomic mass is 9.76. The highest BCUT2D eigenvalue weighted by molar-refractivity contribution is 7.90. The number of nitrogens with zero attached hydrogens (tertiary/aromatic N) is 2. The van der Waals surface area contributed by atoms with Crippen molar-refractivity contribution in [1.82, 2.24) is 19.8 Å². The number of nitrogens with one attached hydrogen (secondary N) is 2. The number of amides is 4. The van der Waals surface area contributed by atoms with Gasteiger partial charge in [-0.1, -0.05) is 97.0 Å². The highest BCUT2D eigenvalue weighted by Crippen LogP contribution is 2.32. The molecule has 0 unspecified atom stereocenters. The van der Waals surface area contributed by atoms with E-state index < -0.39 is 62.8 Å². The topological polar surface area (TPSA) is 179 Å². The van der Waals surface area contributed by atoms with Crippen molar-refractivity contribution in [2.75, 3.05) is 14.1 Å². The molecule has 0 radical (unpaired) electrons. The van der Waals surface area contributed by atoms with E-state index in [0.29, 0.717) is 0 Å². The second-order valence-corrected chi connectivity index (χ2v) is 15.7. The van der Waals surface area contributed by atoms with Crippen LogP contribution in [0.2, 0.25) is 0 Å². The average molecular weight is 686 g/mol. The van der Waals surface area contributed by atoms with Crippen LogP contribution < -0.4 is 15.8 Å². The molecule has 0 saturated heterocycles. The molecule has 2 rings (SSSR count). The summed E-state index contributed by atoms with van der Waals surface area (Å²) in [4.78, 5) is 55.7. The Balaban J connectivity index is 2.41. The lowest BCUT2D eigenvalue weighted by Gasteiger charge is -2.41. The number of sulfonamides is 1. The molecule has 48 heavy (non-hydrogen) atoms. The Morgan fingerprint density at radius 3 is 1.92 bits per heavy atom. The monoisotopic (exact) mass is 685 g/mol. The molecule has 0 heterocycles. The molecule has 0 aliphatic heterocycles. The molecule has 0 aliphatic carbocycles. The maximum Gasteiger partial charge on any atom is 0.407 e. The smallest absolute Gasteiger partial charge is 0.407 e. The number of nitrogens with two attached hydrogens (primary N) is 1. The quantitative estimate of drug-likeness (QED) is 0.230. The summed E-state index contributed by atoms with van der Waals surface area (Å²) in [6.45, 7) is 14.3. The van der Waals surface area contributed by atoms with Gasteiger partial charge in [0.15, 0.2) is 0 Å². The normalized spacial score (nSPS) is 14.5. The van der Waals surface area contributed by atoms with Crippen LogP contribution in [0.4, 0.5) is 4.79 Å². The van der Waals surface area contributed by atoms with Crippen LogP contribution >= 0.6 is 0 Å². The fourth-order valence-electron chi connectivity index (χ4n) is 5.49. The Hall–Kier alpha value is -4.23. The summed E-state index contributed by atoms with van der Waals surface area (Å²) in [5.41, 5.74) is 5.34. The molecule has 0 bridgehead atoms. The van der Waals surface area contributed by atoms with E-state index in [9.17, 15) is 32.7 Å². The predicted molar refractivity (Wildman–Crippen MR) is 185 cm³/mol. The van der Waals surface area contributed by atoms with Gasteiger partial charge < -0.3 is 21.1 Å². The molecular formula is C35H51N5O7S. The highest BCUT2D eigenvalue weighted by atomic mass is 32.2. The number of carbonyl (C=O) groups is 4. The standard InChI is InChI=1S/C35H51N5O7S/c1-22(2)27(20-23(3)30(41)38-48(46,47)26-18-16-24(21-36)17-19-26)39(9)32(43)28(34(4,5)6)37-31(42)29(40(10)33(44)45)35(7,8)25-14-12-11-13-15-25/h11-20,22,27-29H,21,36H2,1-10H3,(H,37,42)(H,38,41)(H,44,45)/t27-,28-,29-/m1/s1. The maximum atomic E-state index is 14.2. The number of likely N-dealkylation sites (N-methyl/N-ethyl adjacent to an activating group) is 2. The Kier molecular flexibility index (Phi) is 13.1. The van der Waals surface area contributed by atoms with Crippen molar-refractivity contribution in [2.24, 2.45) is 17.1 Å².